The van der Waals surface area contributed by atoms with Gasteiger partial charge in [-0.3, -0.25) is 0 Å². The molecule has 0 amide bonds. The minimum atomic E-state index is -0.139. The first kappa shape index (κ1) is 16.2. The van der Waals surface area contributed by atoms with Crippen molar-refractivity contribution in [1.82, 2.24) is 5.32 Å². The molecule has 2 aromatic rings. The molecule has 0 aliphatic heterocycles. The largest absolute Gasteiger partial charge is 0.396 e. The second-order valence-electron chi connectivity index (χ2n) is 7.39. The van der Waals surface area contributed by atoms with Crippen LogP contribution in [0.2, 0.25) is 0 Å². The lowest BCUT2D eigenvalue weighted by atomic mass is 9.75. The Kier molecular flexibility index (Phi) is 4.84. The summed E-state index contributed by atoms with van der Waals surface area (Å²) in [6.07, 6.45) is 2.22. The molecule has 0 radical (unpaired) electrons. The first-order valence-electron chi connectivity index (χ1n) is 8.56. The van der Waals surface area contributed by atoms with Gasteiger partial charge < -0.3 is 10.4 Å². The van der Waals surface area contributed by atoms with E-state index in [4.69, 9.17) is 0 Å². The monoisotopic (exact) mass is 309 g/mol. The van der Waals surface area contributed by atoms with E-state index >= 15 is 0 Å². The van der Waals surface area contributed by atoms with Gasteiger partial charge in [0.2, 0.25) is 0 Å². The Labute approximate surface area is 139 Å². The fourth-order valence-electron chi connectivity index (χ4n) is 3.63. The molecule has 2 heteroatoms. The van der Waals surface area contributed by atoms with Gasteiger partial charge in [-0.2, -0.15) is 0 Å². The number of aliphatic hydroxyl groups excluding tert-OH is 1. The number of aliphatic hydroxyl groups is 1. The maximum Gasteiger partial charge on any atom is 0.0488 e. The highest BCUT2D eigenvalue weighted by atomic mass is 16.3. The minimum absolute atomic E-state index is 0.139. The molecule has 1 aliphatic rings. The molecule has 0 saturated heterocycles. The van der Waals surface area contributed by atoms with E-state index < -0.39 is 0 Å². The fourth-order valence-corrected chi connectivity index (χ4v) is 3.63. The third-order valence-corrected chi connectivity index (χ3v) is 5.21. The summed E-state index contributed by atoms with van der Waals surface area (Å²) in [5, 5.41) is 13.6. The molecule has 2 aromatic carbocycles. The van der Waals surface area contributed by atoms with Crippen molar-refractivity contribution < 1.29 is 5.11 Å². The Morgan fingerprint density at radius 3 is 2.13 bits per heavy atom. The van der Waals surface area contributed by atoms with E-state index in [1.807, 2.05) is 6.07 Å². The molecule has 2 N–H and O–H groups in total. The van der Waals surface area contributed by atoms with Gasteiger partial charge in [0.25, 0.3) is 0 Å². The molecular weight excluding hydrogens is 282 g/mol. The van der Waals surface area contributed by atoms with E-state index in [9.17, 15) is 5.11 Å². The average molecular weight is 309 g/mol. The van der Waals surface area contributed by atoms with Crippen LogP contribution in [-0.4, -0.2) is 24.3 Å². The molecule has 2 nitrogen and oxygen atoms in total. The normalized spacial score (nSPS) is 16.3. The molecule has 0 aromatic heterocycles. The highest BCUT2D eigenvalue weighted by Gasteiger charge is 2.31. The van der Waals surface area contributed by atoms with Gasteiger partial charge in [0, 0.05) is 25.1 Å². The van der Waals surface area contributed by atoms with Crippen LogP contribution < -0.4 is 5.32 Å². The molecule has 0 saturated carbocycles. The van der Waals surface area contributed by atoms with Crippen molar-refractivity contribution in [2.24, 2.45) is 5.41 Å². The van der Waals surface area contributed by atoms with Gasteiger partial charge in [-0.25, -0.2) is 0 Å². The van der Waals surface area contributed by atoms with E-state index in [2.05, 4.69) is 67.7 Å². The Morgan fingerprint density at radius 1 is 1.00 bits per heavy atom. The highest BCUT2D eigenvalue weighted by Crippen LogP contribution is 2.35. The van der Waals surface area contributed by atoms with Crippen LogP contribution in [0.1, 0.15) is 36.5 Å². The molecule has 122 valence electrons. The van der Waals surface area contributed by atoms with Gasteiger partial charge in [-0.1, -0.05) is 68.4 Å². The summed E-state index contributed by atoms with van der Waals surface area (Å²) in [5.74, 6) is 0.303. The first-order chi connectivity index (χ1) is 11.1. The maximum absolute atomic E-state index is 9.83. The smallest absolute Gasteiger partial charge is 0.0488 e. The Balaban J connectivity index is 1.69. The maximum atomic E-state index is 9.83. The topological polar surface area (TPSA) is 32.3 Å². The number of nitrogens with one attached hydrogen (secondary N) is 1. The molecule has 0 bridgehead atoms. The van der Waals surface area contributed by atoms with Gasteiger partial charge in [-0.15, -0.1) is 0 Å². The number of rotatable bonds is 6. The predicted octanol–water partition coefficient (Wildman–Crippen LogP) is 3.55. The number of hydrogen-bond acceptors (Lipinski definition) is 2. The van der Waals surface area contributed by atoms with Gasteiger partial charge >= 0.3 is 0 Å². The summed E-state index contributed by atoms with van der Waals surface area (Å²) >= 11 is 0. The zero-order valence-electron chi connectivity index (χ0n) is 14.1. The van der Waals surface area contributed by atoms with Crippen molar-refractivity contribution in [3.8, 4) is 0 Å². The second kappa shape index (κ2) is 6.86. The van der Waals surface area contributed by atoms with Crippen molar-refractivity contribution in [3.05, 3.63) is 71.3 Å². The van der Waals surface area contributed by atoms with Gasteiger partial charge in [-0.05, 0) is 34.9 Å². The van der Waals surface area contributed by atoms with Crippen molar-refractivity contribution in [3.63, 3.8) is 0 Å². The molecule has 23 heavy (non-hydrogen) atoms. The van der Waals surface area contributed by atoms with Crippen molar-refractivity contribution >= 4 is 0 Å². The van der Waals surface area contributed by atoms with E-state index in [0.717, 1.165) is 19.4 Å². The average Bonchev–Trinajstić information content (AvgIpc) is 2.98. The molecule has 1 atom stereocenters. The number of benzene rings is 2. The van der Waals surface area contributed by atoms with Gasteiger partial charge in [0.05, 0.1) is 0 Å². The lowest BCUT2D eigenvalue weighted by molar-refractivity contribution is 0.127. The lowest BCUT2D eigenvalue weighted by Gasteiger charge is -2.34. The Bertz CT molecular complexity index is 610. The minimum Gasteiger partial charge on any atom is -0.396 e. The predicted molar refractivity (Wildman–Crippen MR) is 95.7 cm³/mol. The Hall–Kier alpha value is -1.64. The summed E-state index contributed by atoms with van der Waals surface area (Å²) in [4.78, 5) is 0. The van der Waals surface area contributed by atoms with Crippen LogP contribution in [0.4, 0.5) is 0 Å². The van der Waals surface area contributed by atoms with Crippen LogP contribution in [0.3, 0.4) is 0 Å². The van der Waals surface area contributed by atoms with E-state index in [-0.39, 0.29) is 12.0 Å². The molecule has 0 spiro atoms. The molecule has 3 rings (SSSR count). The van der Waals surface area contributed by atoms with Crippen LogP contribution in [0, 0.1) is 5.41 Å². The van der Waals surface area contributed by atoms with Gasteiger partial charge in [0.15, 0.2) is 0 Å². The van der Waals surface area contributed by atoms with Crippen molar-refractivity contribution in [2.45, 2.75) is 38.6 Å². The Morgan fingerprint density at radius 2 is 1.57 bits per heavy atom. The van der Waals surface area contributed by atoms with E-state index in [1.54, 1.807) is 0 Å². The number of hydrogen-bond donors (Lipinski definition) is 2. The summed E-state index contributed by atoms with van der Waals surface area (Å²) < 4.78 is 0. The van der Waals surface area contributed by atoms with Crippen molar-refractivity contribution in [2.75, 3.05) is 13.2 Å². The van der Waals surface area contributed by atoms with Gasteiger partial charge in [0.1, 0.15) is 0 Å². The zero-order chi connectivity index (χ0) is 16.3. The quantitative estimate of drug-likeness (QED) is 0.855. The van der Waals surface area contributed by atoms with E-state index in [0.29, 0.717) is 12.0 Å². The zero-order valence-corrected chi connectivity index (χ0v) is 14.1. The van der Waals surface area contributed by atoms with Crippen LogP contribution >= 0.6 is 0 Å². The van der Waals surface area contributed by atoms with Crippen LogP contribution in [-0.2, 0) is 12.8 Å². The summed E-state index contributed by atoms with van der Waals surface area (Å²) in [6, 6.07) is 19.8. The summed E-state index contributed by atoms with van der Waals surface area (Å²) in [7, 11) is 0. The molecule has 0 fully saturated rings. The molecule has 0 unspecified atom stereocenters. The summed E-state index contributed by atoms with van der Waals surface area (Å²) in [6.45, 7) is 5.39. The van der Waals surface area contributed by atoms with Crippen LogP contribution in [0.15, 0.2) is 54.6 Å². The van der Waals surface area contributed by atoms with E-state index in [1.165, 1.54) is 16.7 Å². The highest BCUT2D eigenvalue weighted by molar-refractivity contribution is 5.33. The van der Waals surface area contributed by atoms with Crippen LogP contribution in [0.25, 0.3) is 0 Å². The SMILES string of the molecule is CC(C)(CO)[C@@H](CNC1Cc2ccccc2C1)c1ccccc1. The number of fused-ring (bicyclic) bond motifs is 1. The second-order valence-corrected chi connectivity index (χ2v) is 7.39. The standard InChI is InChI=1S/C21H27NO/c1-21(2,15-23)20(16-8-4-3-5-9-16)14-22-19-12-17-10-6-7-11-18(17)13-19/h3-11,19-20,22-23H,12-15H2,1-2H3/t20-/m0/s1. The molecule has 0 heterocycles. The fraction of sp³-hybridized carbons (Fsp3) is 0.429. The molecular formula is C21H27NO. The lowest BCUT2D eigenvalue weighted by Crippen LogP contribution is -2.39. The first-order valence-corrected chi connectivity index (χ1v) is 8.56. The third-order valence-electron chi connectivity index (χ3n) is 5.21. The third kappa shape index (κ3) is 3.65. The molecule has 1 aliphatic carbocycles. The summed E-state index contributed by atoms with van der Waals surface area (Å²) in [5.41, 5.74) is 4.11. The van der Waals surface area contributed by atoms with Crippen molar-refractivity contribution in [1.29, 1.82) is 0 Å². The van der Waals surface area contributed by atoms with Crippen LogP contribution in [0.5, 0.6) is 0 Å².